The van der Waals surface area contributed by atoms with Gasteiger partial charge in [-0.1, -0.05) is 66.7 Å². The summed E-state index contributed by atoms with van der Waals surface area (Å²) < 4.78 is 0. The number of fused-ring (bicyclic) bond motifs is 3. The number of anilines is 3. The number of para-hydroxylation sites is 2. The minimum absolute atomic E-state index is 0.286. The maximum absolute atomic E-state index is 11.2. The summed E-state index contributed by atoms with van der Waals surface area (Å²) in [4.78, 5) is 17.0. The zero-order valence-electron chi connectivity index (χ0n) is 18.8. The minimum atomic E-state index is -0.918. The lowest BCUT2D eigenvalue weighted by molar-refractivity contribution is 0.0697. The summed E-state index contributed by atoms with van der Waals surface area (Å²) >= 11 is 0. The minimum Gasteiger partial charge on any atom is -0.478 e. The molecule has 0 aliphatic heterocycles. The lowest BCUT2D eigenvalue weighted by Crippen LogP contribution is -2.09. The Kier molecular flexibility index (Phi) is 5.04. The van der Waals surface area contributed by atoms with Gasteiger partial charge in [-0.2, -0.15) is 0 Å². The molecule has 0 radical (unpaired) electrons. The predicted octanol–water partition coefficient (Wildman–Crippen LogP) is 8.16. The molecule has 2 N–H and O–H groups in total. The molecular weight excluding hydrogens is 432 g/mol. The standard InChI is InChI=1S/C31H22N2O2/c34-31(35)22-13-11-21(12-14-22)23-15-17-27-28-18-16-26(20-30(28)32-29(27)19-23)33(24-7-3-1-4-8-24)25-9-5-2-6-10-25/h1-20,32H,(H,34,35). The van der Waals surface area contributed by atoms with Crippen molar-refractivity contribution in [1.29, 1.82) is 0 Å². The Morgan fingerprint density at radius 3 is 1.71 bits per heavy atom. The van der Waals surface area contributed by atoms with Crippen molar-refractivity contribution in [2.24, 2.45) is 0 Å². The molecule has 0 atom stereocenters. The zero-order valence-corrected chi connectivity index (χ0v) is 18.8. The number of rotatable bonds is 5. The number of aromatic amines is 1. The molecule has 0 aliphatic carbocycles. The Morgan fingerprint density at radius 2 is 1.11 bits per heavy atom. The number of nitrogens with one attached hydrogen (secondary N) is 1. The molecule has 0 spiro atoms. The van der Waals surface area contributed by atoms with Gasteiger partial charge >= 0.3 is 5.97 Å². The maximum Gasteiger partial charge on any atom is 0.335 e. The fourth-order valence-electron chi connectivity index (χ4n) is 4.62. The van der Waals surface area contributed by atoms with Gasteiger partial charge in [0.25, 0.3) is 0 Å². The Morgan fingerprint density at radius 1 is 0.571 bits per heavy atom. The van der Waals surface area contributed by atoms with Crippen LogP contribution in [0.5, 0.6) is 0 Å². The second-order valence-corrected chi connectivity index (χ2v) is 8.50. The van der Waals surface area contributed by atoms with E-state index < -0.39 is 5.97 Å². The third kappa shape index (κ3) is 3.81. The Hall–Kier alpha value is -4.83. The van der Waals surface area contributed by atoms with Crippen LogP contribution in [-0.2, 0) is 0 Å². The second-order valence-electron chi connectivity index (χ2n) is 8.50. The van der Waals surface area contributed by atoms with Gasteiger partial charge in [0.2, 0.25) is 0 Å². The quantitative estimate of drug-likeness (QED) is 0.276. The summed E-state index contributed by atoms with van der Waals surface area (Å²) in [6.45, 7) is 0. The third-order valence-corrected chi connectivity index (χ3v) is 6.33. The topological polar surface area (TPSA) is 56.3 Å². The van der Waals surface area contributed by atoms with Gasteiger partial charge in [0.1, 0.15) is 0 Å². The molecule has 6 rings (SSSR count). The smallest absolute Gasteiger partial charge is 0.335 e. The number of carboxylic acids is 1. The molecule has 4 heteroatoms. The second kappa shape index (κ2) is 8.50. The summed E-state index contributed by atoms with van der Waals surface area (Å²) in [5.74, 6) is -0.918. The van der Waals surface area contributed by atoms with Gasteiger partial charge in [0.05, 0.1) is 5.56 Å². The Bertz CT molecular complexity index is 1610. The van der Waals surface area contributed by atoms with Crippen LogP contribution in [0, 0.1) is 0 Å². The molecule has 1 aromatic heterocycles. The first-order valence-electron chi connectivity index (χ1n) is 11.5. The molecule has 0 unspecified atom stereocenters. The van der Waals surface area contributed by atoms with E-state index in [0.717, 1.165) is 50.0 Å². The predicted molar refractivity (Wildman–Crippen MR) is 143 cm³/mol. The van der Waals surface area contributed by atoms with Gasteiger partial charge in [-0.15, -0.1) is 0 Å². The molecule has 35 heavy (non-hydrogen) atoms. The number of hydrogen-bond donors (Lipinski definition) is 2. The van der Waals surface area contributed by atoms with Crippen LogP contribution in [0.25, 0.3) is 32.9 Å². The van der Waals surface area contributed by atoms with E-state index in [1.54, 1.807) is 12.1 Å². The highest BCUT2D eigenvalue weighted by Gasteiger charge is 2.14. The monoisotopic (exact) mass is 454 g/mol. The molecule has 0 amide bonds. The van der Waals surface area contributed by atoms with Crippen molar-refractivity contribution < 1.29 is 9.90 Å². The van der Waals surface area contributed by atoms with E-state index in [1.807, 2.05) is 24.3 Å². The van der Waals surface area contributed by atoms with E-state index >= 15 is 0 Å². The number of benzene rings is 5. The highest BCUT2D eigenvalue weighted by molar-refractivity contribution is 6.09. The van der Waals surface area contributed by atoms with Crippen LogP contribution in [0.1, 0.15) is 10.4 Å². The zero-order chi connectivity index (χ0) is 23.8. The van der Waals surface area contributed by atoms with Crippen molar-refractivity contribution in [3.8, 4) is 11.1 Å². The molecule has 168 valence electrons. The Balaban J connectivity index is 1.44. The van der Waals surface area contributed by atoms with E-state index in [2.05, 4.69) is 94.8 Å². The van der Waals surface area contributed by atoms with E-state index in [-0.39, 0.29) is 5.56 Å². The van der Waals surface area contributed by atoms with Crippen LogP contribution in [0.4, 0.5) is 17.1 Å². The van der Waals surface area contributed by atoms with Gasteiger partial charge < -0.3 is 15.0 Å². The highest BCUT2D eigenvalue weighted by Crippen LogP contribution is 2.37. The first-order valence-corrected chi connectivity index (χ1v) is 11.5. The fraction of sp³-hybridized carbons (Fsp3) is 0. The molecule has 0 saturated carbocycles. The summed E-state index contributed by atoms with van der Waals surface area (Å²) in [6.07, 6.45) is 0. The van der Waals surface area contributed by atoms with Gasteiger partial charge in [-0.05, 0) is 65.7 Å². The van der Waals surface area contributed by atoms with Crippen molar-refractivity contribution in [3.05, 3.63) is 127 Å². The van der Waals surface area contributed by atoms with Crippen molar-refractivity contribution >= 4 is 44.8 Å². The van der Waals surface area contributed by atoms with Crippen LogP contribution < -0.4 is 4.90 Å². The first kappa shape index (κ1) is 20.8. The maximum atomic E-state index is 11.2. The van der Waals surface area contributed by atoms with Gasteiger partial charge in [0.15, 0.2) is 0 Å². The number of carboxylic acid groups (broad SMARTS) is 1. The molecule has 0 aliphatic rings. The summed E-state index contributed by atoms with van der Waals surface area (Å²) in [5, 5.41) is 11.5. The van der Waals surface area contributed by atoms with Crippen LogP contribution >= 0.6 is 0 Å². The molecule has 1 heterocycles. The van der Waals surface area contributed by atoms with E-state index in [0.29, 0.717) is 0 Å². The summed E-state index contributed by atoms with van der Waals surface area (Å²) in [7, 11) is 0. The number of aromatic carboxylic acids is 1. The SMILES string of the molecule is O=C(O)c1ccc(-c2ccc3c(c2)[nH]c2cc(N(c4ccccc4)c4ccccc4)ccc23)cc1. The molecular formula is C31H22N2O2. The molecule has 6 aromatic rings. The molecule has 0 fully saturated rings. The third-order valence-electron chi connectivity index (χ3n) is 6.33. The van der Waals surface area contributed by atoms with Crippen LogP contribution in [0.2, 0.25) is 0 Å². The molecule has 4 nitrogen and oxygen atoms in total. The highest BCUT2D eigenvalue weighted by atomic mass is 16.4. The number of nitrogens with zero attached hydrogens (tertiary/aromatic N) is 1. The molecule has 5 aromatic carbocycles. The van der Waals surface area contributed by atoms with E-state index in [9.17, 15) is 4.79 Å². The summed E-state index contributed by atoms with van der Waals surface area (Å²) in [6, 6.07) is 40.6. The van der Waals surface area contributed by atoms with Crippen LogP contribution in [-0.4, -0.2) is 16.1 Å². The summed E-state index contributed by atoms with van der Waals surface area (Å²) in [5.41, 5.74) is 7.69. The number of aromatic nitrogens is 1. The van der Waals surface area contributed by atoms with Crippen LogP contribution in [0.3, 0.4) is 0 Å². The van der Waals surface area contributed by atoms with Crippen LogP contribution in [0.15, 0.2) is 121 Å². The van der Waals surface area contributed by atoms with Crippen molar-refractivity contribution in [2.75, 3.05) is 4.90 Å². The molecule has 0 saturated heterocycles. The van der Waals surface area contributed by atoms with Gasteiger partial charge in [0, 0.05) is 38.9 Å². The van der Waals surface area contributed by atoms with Crippen molar-refractivity contribution in [3.63, 3.8) is 0 Å². The normalized spacial score (nSPS) is 11.1. The van der Waals surface area contributed by atoms with E-state index in [1.165, 1.54) is 0 Å². The van der Waals surface area contributed by atoms with Gasteiger partial charge in [-0.25, -0.2) is 4.79 Å². The lowest BCUT2D eigenvalue weighted by atomic mass is 10.0. The number of hydrogen-bond acceptors (Lipinski definition) is 2. The first-order chi connectivity index (χ1) is 17.2. The molecule has 0 bridgehead atoms. The Labute approximate surface area is 202 Å². The average molecular weight is 455 g/mol. The number of carbonyl (C=O) groups is 1. The van der Waals surface area contributed by atoms with Crippen molar-refractivity contribution in [1.82, 2.24) is 4.98 Å². The van der Waals surface area contributed by atoms with Gasteiger partial charge in [-0.3, -0.25) is 0 Å². The largest absolute Gasteiger partial charge is 0.478 e. The average Bonchev–Trinajstić information content (AvgIpc) is 3.27. The lowest BCUT2D eigenvalue weighted by Gasteiger charge is -2.25. The number of H-pyrrole nitrogens is 1. The fourth-order valence-corrected chi connectivity index (χ4v) is 4.62. The van der Waals surface area contributed by atoms with Crippen molar-refractivity contribution in [2.45, 2.75) is 0 Å². The van der Waals surface area contributed by atoms with E-state index in [4.69, 9.17) is 5.11 Å².